The van der Waals surface area contributed by atoms with Crippen LogP contribution in [-0.4, -0.2) is 54.4 Å². The van der Waals surface area contributed by atoms with Crippen LogP contribution in [0.2, 0.25) is 0 Å². The van der Waals surface area contributed by atoms with Gasteiger partial charge in [0.1, 0.15) is 0 Å². The fourth-order valence-corrected chi connectivity index (χ4v) is 4.40. The minimum atomic E-state index is -4.42. The Balaban J connectivity index is 1.32. The molecule has 0 radical (unpaired) electrons. The van der Waals surface area contributed by atoms with E-state index < -0.39 is 11.2 Å². The van der Waals surface area contributed by atoms with Crippen molar-refractivity contribution >= 4 is 16.5 Å². The molecule has 2 aliphatic rings. The molecule has 2 N–H and O–H groups in total. The van der Waals surface area contributed by atoms with E-state index >= 15 is 0 Å². The van der Waals surface area contributed by atoms with E-state index in [0.717, 1.165) is 26.2 Å². The van der Waals surface area contributed by atoms with Gasteiger partial charge < -0.3 is 4.90 Å². The summed E-state index contributed by atoms with van der Waals surface area (Å²) in [5, 5.41) is 6.48. The molecule has 6 nitrogen and oxygen atoms in total. The Bertz CT molecular complexity index is 745. The predicted octanol–water partition coefficient (Wildman–Crippen LogP) is 2.14. The molecule has 0 bridgehead atoms. The Kier molecular flexibility index (Phi) is 5.31. The number of hydrazine groups is 1. The van der Waals surface area contributed by atoms with Crippen LogP contribution in [0.3, 0.4) is 0 Å². The van der Waals surface area contributed by atoms with E-state index in [-0.39, 0.29) is 6.04 Å². The van der Waals surface area contributed by atoms with Crippen LogP contribution in [-0.2, 0) is 6.18 Å². The lowest BCUT2D eigenvalue weighted by Crippen LogP contribution is -2.48. The van der Waals surface area contributed by atoms with Crippen LogP contribution in [0.1, 0.15) is 16.6 Å². The monoisotopic (exact) mass is 398 g/mol. The number of nitrogens with one attached hydrogen (secondary N) is 2. The first-order valence-corrected chi connectivity index (χ1v) is 9.74. The molecule has 3 heterocycles. The van der Waals surface area contributed by atoms with Crippen LogP contribution in [0.5, 0.6) is 0 Å². The average Bonchev–Trinajstić information content (AvgIpc) is 3.32. The van der Waals surface area contributed by atoms with Crippen molar-refractivity contribution in [1.82, 2.24) is 25.9 Å². The molecule has 0 amide bonds. The van der Waals surface area contributed by atoms with Gasteiger partial charge in [0.25, 0.3) is 0 Å². The number of nitrogens with zero attached hydrogens (tertiary/aromatic N) is 4. The van der Waals surface area contributed by atoms with E-state index in [1.807, 2.05) is 23.1 Å². The molecular weight excluding hydrogens is 377 g/mol. The minimum Gasteiger partial charge on any atom is -0.344 e. The summed E-state index contributed by atoms with van der Waals surface area (Å²) in [5.74, 6) is 0.442. The normalized spacial score (nSPS) is 24.5. The summed E-state index contributed by atoms with van der Waals surface area (Å²) in [7, 11) is 0. The van der Waals surface area contributed by atoms with E-state index in [9.17, 15) is 13.2 Å². The van der Waals surface area contributed by atoms with Crippen LogP contribution in [0.4, 0.5) is 18.3 Å². The number of halogens is 3. The van der Waals surface area contributed by atoms with Crippen molar-refractivity contribution in [2.24, 2.45) is 5.92 Å². The van der Waals surface area contributed by atoms with E-state index in [0.29, 0.717) is 35.5 Å². The van der Waals surface area contributed by atoms with E-state index in [1.54, 1.807) is 0 Å². The highest BCUT2D eigenvalue weighted by atomic mass is 32.1. The lowest BCUT2D eigenvalue weighted by atomic mass is 9.94. The smallest absolute Gasteiger partial charge is 0.344 e. The molecule has 2 unspecified atom stereocenters. The van der Waals surface area contributed by atoms with Crippen molar-refractivity contribution in [3.05, 3.63) is 40.9 Å². The summed E-state index contributed by atoms with van der Waals surface area (Å²) in [6.07, 6.45) is -4.42. The molecule has 2 aliphatic heterocycles. The highest BCUT2D eigenvalue weighted by Crippen LogP contribution is 2.34. The summed E-state index contributed by atoms with van der Waals surface area (Å²) >= 11 is 0.618. The Morgan fingerprint density at radius 1 is 1.07 bits per heavy atom. The molecule has 0 spiro atoms. The van der Waals surface area contributed by atoms with Crippen LogP contribution < -0.4 is 15.8 Å². The number of aromatic nitrogens is 2. The zero-order valence-corrected chi connectivity index (χ0v) is 15.4. The van der Waals surface area contributed by atoms with E-state index in [4.69, 9.17) is 0 Å². The quantitative estimate of drug-likeness (QED) is 0.823. The van der Waals surface area contributed by atoms with Gasteiger partial charge in [0, 0.05) is 45.2 Å². The second-order valence-corrected chi connectivity index (χ2v) is 7.80. The van der Waals surface area contributed by atoms with Crippen LogP contribution >= 0.6 is 11.3 Å². The van der Waals surface area contributed by atoms with Gasteiger partial charge in [-0.05, 0) is 5.56 Å². The lowest BCUT2D eigenvalue weighted by molar-refractivity contribution is -0.138. The highest BCUT2D eigenvalue weighted by Gasteiger charge is 2.37. The van der Waals surface area contributed by atoms with Gasteiger partial charge in [-0.15, -0.1) is 10.2 Å². The average molecular weight is 398 g/mol. The fraction of sp³-hybridized carbons (Fsp3) is 0.529. The molecule has 2 aromatic rings. The molecule has 146 valence electrons. The van der Waals surface area contributed by atoms with E-state index in [1.165, 1.54) is 5.56 Å². The molecule has 1 aromatic heterocycles. The second-order valence-electron chi connectivity index (χ2n) is 6.85. The van der Waals surface area contributed by atoms with Crippen LogP contribution in [0.25, 0.3) is 0 Å². The Morgan fingerprint density at radius 2 is 1.81 bits per heavy atom. The highest BCUT2D eigenvalue weighted by molar-refractivity contribution is 7.15. The first-order valence-electron chi connectivity index (χ1n) is 8.92. The van der Waals surface area contributed by atoms with Crippen molar-refractivity contribution in [2.45, 2.75) is 12.2 Å². The minimum absolute atomic E-state index is 0.265. The van der Waals surface area contributed by atoms with Crippen molar-refractivity contribution < 1.29 is 13.2 Å². The largest absolute Gasteiger partial charge is 0.445 e. The number of piperazine rings is 1. The molecular formula is C17H21F3N6S. The van der Waals surface area contributed by atoms with Crippen molar-refractivity contribution in [1.29, 1.82) is 0 Å². The number of anilines is 1. The maximum absolute atomic E-state index is 12.7. The van der Waals surface area contributed by atoms with Gasteiger partial charge in [0.05, 0.1) is 6.04 Å². The Morgan fingerprint density at radius 3 is 2.48 bits per heavy atom. The van der Waals surface area contributed by atoms with Gasteiger partial charge in [0.15, 0.2) is 0 Å². The second kappa shape index (κ2) is 7.70. The number of hydrogen-bond acceptors (Lipinski definition) is 7. The number of hydrogen-bond donors (Lipinski definition) is 2. The third kappa shape index (κ3) is 4.23. The van der Waals surface area contributed by atoms with Crippen LogP contribution in [0.15, 0.2) is 30.3 Å². The maximum atomic E-state index is 12.7. The standard InChI is InChI=1S/C17H21F3N6S/c18-17(19,20)15-23-24-16(27-15)26-8-6-25(7-9-26)11-13-10-21-22-14(13)12-4-2-1-3-5-12/h1-5,13-14,21-22H,6-11H2. The van der Waals surface area contributed by atoms with Gasteiger partial charge in [-0.2, -0.15) is 13.2 Å². The SMILES string of the molecule is FC(F)(F)c1nnc(N2CCN(CC3CNNC3c3ccccc3)CC2)s1. The first-order chi connectivity index (χ1) is 13.0. The van der Waals surface area contributed by atoms with Crippen molar-refractivity contribution in [2.75, 3.05) is 44.2 Å². The summed E-state index contributed by atoms with van der Waals surface area (Å²) in [4.78, 5) is 4.26. The zero-order chi connectivity index (χ0) is 18.9. The van der Waals surface area contributed by atoms with Gasteiger partial charge in [-0.1, -0.05) is 41.7 Å². The predicted molar refractivity (Wildman–Crippen MR) is 97.4 cm³/mol. The molecule has 4 rings (SSSR count). The molecule has 1 aromatic carbocycles. The molecule has 10 heteroatoms. The summed E-state index contributed by atoms with van der Waals surface area (Å²) < 4.78 is 38.1. The van der Waals surface area contributed by atoms with Gasteiger partial charge in [-0.3, -0.25) is 10.3 Å². The van der Waals surface area contributed by atoms with Crippen molar-refractivity contribution in [3.8, 4) is 0 Å². The topological polar surface area (TPSA) is 56.3 Å². The maximum Gasteiger partial charge on any atom is 0.445 e. The summed E-state index contributed by atoms with van der Waals surface area (Å²) in [6.45, 7) is 4.77. The number of benzene rings is 1. The van der Waals surface area contributed by atoms with Crippen molar-refractivity contribution in [3.63, 3.8) is 0 Å². The number of alkyl halides is 3. The van der Waals surface area contributed by atoms with Gasteiger partial charge in [0.2, 0.25) is 10.1 Å². The van der Waals surface area contributed by atoms with E-state index in [2.05, 4.69) is 38.1 Å². The lowest BCUT2D eigenvalue weighted by Gasteiger charge is -2.36. The summed E-state index contributed by atoms with van der Waals surface area (Å²) in [6, 6.07) is 10.6. The third-order valence-corrected chi connectivity index (χ3v) is 6.07. The van der Waals surface area contributed by atoms with Gasteiger partial charge >= 0.3 is 6.18 Å². The third-order valence-electron chi connectivity index (χ3n) is 5.04. The summed E-state index contributed by atoms with van der Waals surface area (Å²) in [5.41, 5.74) is 7.87. The zero-order valence-electron chi connectivity index (χ0n) is 14.6. The first kappa shape index (κ1) is 18.6. The Labute approximate surface area is 159 Å². The molecule has 0 aliphatic carbocycles. The molecule has 2 fully saturated rings. The fourth-order valence-electron chi connectivity index (χ4n) is 3.63. The van der Waals surface area contributed by atoms with Crippen LogP contribution in [0, 0.1) is 5.92 Å². The number of rotatable bonds is 4. The van der Waals surface area contributed by atoms with Gasteiger partial charge in [-0.25, -0.2) is 5.43 Å². The molecule has 27 heavy (non-hydrogen) atoms. The Hall–Kier alpha value is -1.75. The molecule has 2 saturated heterocycles. The molecule has 2 atom stereocenters. The molecule has 0 saturated carbocycles.